The lowest BCUT2D eigenvalue weighted by Gasteiger charge is -2.19. The van der Waals surface area contributed by atoms with Gasteiger partial charge in [0.2, 0.25) is 11.2 Å². The van der Waals surface area contributed by atoms with Gasteiger partial charge in [0.05, 0.1) is 19.1 Å². The summed E-state index contributed by atoms with van der Waals surface area (Å²) in [6.07, 6.45) is 1.27. The topological polar surface area (TPSA) is 74.9 Å². The molecule has 98 valence electrons. The van der Waals surface area contributed by atoms with E-state index in [4.69, 9.17) is 21.6 Å². The van der Waals surface area contributed by atoms with Gasteiger partial charge in [-0.25, -0.2) is 0 Å². The number of rotatable bonds is 7. The van der Waals surface area contributed by atoms with Crippen molar-refractivity contribution in [1.82, 2.24) is 15.0 Å². The van der Waals surface area contributed by atoms with Gasteiger partial charge in [0.25, 0.3) is 0 Å². The fraction of sp³-hybridized carbons (Fsp3) is 0.636. The second kappa shape index (κ2) is 7.67. The van der Waals surface area contributed by atoms with E-state index in [1.165, 1.54) is 0 Å². The predicted molar refractivity (Wildman–Crippen MR) is 68.7 cm³/mol. The van der Waals surface area contributed by atoms with Crippen LogP contribution >= 0.6 is 11.6 Å². The first-order valence-electron chi connectivity index (χ1n) is 5.87. The van der Waals surface area contributed by atoms with E-state index < -0.39 is 0 Å². The van der Waals surface area contributed by atoms with Crippen LogP contribution in [0.25, 0.3) is 0 Å². The average molecular weight is 270 g/mol. The minimum atomic E-state index is 0.0986. The normalized spacial score (nSPS) is 9.89. The second-order valence-corrected chi connectivity index (χ2v) is 3.86. The molecule has 0 radical (unpaired) electrons. The van der Waals surface area contributed by atoms with Crippen molar-refractivity contribution in [2.75, 3.05) is 24.6 Å². The van der Waals surface area contributed by atoms with Gasteiger partial charge in [-0.1, -0.05) is 6.92 Å². The third-order valence-electron chi connectivity index (χ3n) is 2.17. The quantitative estimate of drug-likeness (QED) is 0.754. The molecule has 0 atom stereocenters. The Bertz CT molecular complexity index is 420. The third-order valence-corrected chi connectivity index (χ3v) is 2.34. The SMILES string of the molecule is CCCOc1nc(Cl)nc(N(CC)CCC#N)n1. The van der Waals surface area contributed by atoms with Gasteiger partial charge in [-0.05, 0) is 24.9 Å². The van der Waals surface area contributed by atoms with Crippen LogP contribution in [0.15, 0.2) is 0 Å². The highest BCUT2D eigenvalue weighted by Crippen LogP contribution is 2.15. The van der Waals surface area contributed by atoms with Crippen LogP contribution in [0.1, 0.15) is 26.7 Å². The maximum Gasteiger partial charge on any atom is 0.322 e. The summed E-state index contributed by atoms with van der Waals surface area (Å²) in [5.74, 6) is 0.443. The molecule has 6 nitrogen and oxygen atoms in total. The third kappa shape index (κ3) is 4.34. The Morgan fingerprint density at radius 2 is 2.11 bits per heavy atom. The highest BCUT2D eigenvalue weighted by atomic mass is 35.5. The van der Waals surface area contributed by atoms with Crippen LogP contribution in [0.5, 0.6) is 6.01 Å². The monoisotopic (exact) mass is 269 g/mol. The van der Waals surface area contributed by atoms with Crippen molar-refractivity contribution < 1.29 is 4.74 Å². The molecule has 1 rings (SSSR count). The number of anilines is 1. The van der Waals surface area contributed by atoms with Crippen molar-refractivity contribution in [3.63, 3.8) is 0 Å². The fourth-order valence-electron chi connectivity index (χ4n) is 1.31. The maximum absolute atomic E-state index is 8.60. The molecule has 0 aliphatic carbocycles. The van der Waals surface area contributed by atoms with Crippen molar-refractivity contribution in [2.45, 2.75) is 26.7 Å². The maximum atomic E-state index is 8.60. The summed E-state index contributed by atoms with van der Waals surface area (Å²) in [4.78, 5) is 14.0. The van der Waals surface area contributed by atoms with E-state index in [0.717, 1.165) is 6.42 Å². The number of nitrogens with zero attached hydrogens (tertiary/aromatic N) is 5. The molecule has 0 spiro atoms. The lowest BCUT2D eigenvalue weighted by Crippen LogP contribution is -2.26. The summed E-state index contributed by atoms with van der Waals surface area (Å²) >= 11 is 5.83. The molecule has 0 saturated heterocycles. The van der Waals surface area contributed by atoms with E-state index in [2.05, 4.69) is 21.0 Å². The zero-order valence-electron chi connectivity index (χ0n) is 10.6. The highest BCUT2D eigenvalue weighted by molar-refractivity contribution is 6.28. The number of aromatic nitrogens is 3. The summed E-state index contributed by atoms with van der Waals surface area (Å²) in [5.41, 5.74) is 0. The Kier molecular flexibility index (Phi) is 6.15. The van der Waals surface area contributed by atoms with Gasteiger partial charge in [-0.15, -0.1) is 0 Å². The van der Waals surface area contributed by atoms with E-state index in [0.29, 0.717) is 32.1 Å². The van der Waals surface area contributed by atoms with Gasteiger partial charge in [0.1, 0.15) is 0 Å². The molecule has 1 heterocycles. The van der Waals surface area contributed by atoms with Crippen LogP contribution in [0.2, 0.25) is 5.28 Å². The Balaban J connectivity index is 2.85. The first kappa shape index (κ1) is 14.5. The molecule has 0 aliphatic rings. The summed E-state index contributed by atoms with van der Waals surface area (Å²) in [7, 11) is 0. The molecule has 0 fully saturated rings. The predicted octanol–water partition coefficient (Wildman–Crippen LogP) is 2.05. The molecule has 0 saturated carbocycles. The van der Waals surface area contributed by atoms with Gasteiger partial charge < -0.3 is 9.64 Å². The minimum absolute atomic E-state index is 0.0986. The van der Waals surface area contributed by atoms with E-state index in [1.54, 1.807) is 0 Å². The molecular formula is C11H16ClN5O. The van der Waals surface area contributed by atoms with Gasteiger partial charge in [-0.3, -0.25) is 0 Å². The van der Waals surface area contributed by atoms with Gasteiger partial charge in [0, 0.05) is 13.1 Å². The summed E-state index contributed by atoms with van der Waals surface area (Å²) in [6.45, 7) is 5.73. The largest absolute Gasteiger partial charge is 0.463 e. The van der Waals surface area contributed by atoms with E-state index >= 15 is 0 Å². The van der Waals surface area contributed by atoms with Gasteiger partial charge in [-0.2, -0.15) is 20.2 Å². The Labute approximate surface area is 112 Å². The van der Waals surface area contributed by atoms with Crippen LogP contribution in [-0.4, -0.2) is 34.6 Å². The van der Waals surface area contributed by atoms with Crippen LogP contribution in [0, 0.1) is 11.3 Å². The molecule has 0 aromatic carbocycles. The van der Waals surface area contributed by atoms with Gasteiger partial charge in [0.15, 0.2) is 0 Å². The van der Waals surface area contributed by atoms with E-state index in [9.17, 15) is 0 Å². The number of nitriles is 1. The summed E-state index contributed by atoms with van der Waals surface area (Å²) in [6, 6.07) is 2.31. The zero-order valence-corrected chi connectivity index (χ0v) is 11.3. The summed E-state index contributed by atoms with van der Waals surface area (Å²) < 4.78 is 5.34. The van der Waals surface area contributed by atoms with Gasteiger partial charge >= 0.3 is 6.01 Å². The molecule has 0 aliphatic heterocycles. The Morgan fingerprint density at radius 1 is 1.33 bits per heavy atom. The summed E-state index contributed by atoms with van der Waals surface area (Å²) in [5, 5.41) is 8.70. The van der Waals surface area contributed by atoms with Crippen molar-refractivity contribution in [1.29, 1.82) is 5.26 Å². The molecule has 1 aromatic heterocycles. The molecule has 0 amide bonds. The second-order valence-electron chi connectivity index (χ2n) is 3.52. The fourth-order valence-corrected chi connectivity index (χ4v) is 1.45. The van der Waals surface area contributed by atoms with E-state index in [1.807, 2.05) is 18.7 Å². The highest BCUT2D eigenvalue weighted by Gasteiger charge is 2.11. The number of halogens is 1. The number of hydrogen-bond acceptors (Lipinski definition) is 6. The Morgan fingerprint density at radius 3 is 2.72 bits per heavy atom. The van der Waals surface area contributed by atoms with Crippen molar-refractivity contribution >= 4 is 17.5 Å². The average Bonchev–Trinajstić information content (AvgIpc) is 2.37. The lowest BCUT2D eigenvalue weighted by atomic mass is 10.4. The van der Waals surface area contributed by atoms with Crippen molar-refractivity contribution in [3.8, 4) is 12.1 Å². The standard InChI is InChI=1S/C11H16ClN5O/c1-3-8-18-11-15-9(12)14-10(16-11)17(4-2)7-5-6-13/h3-5,7-8H2,1-2H3. The number of ether oxygens (including phenoxy) is 1. The first-order valence-corrected chi connectivity index (χ1v) is 6.25. The molecule has 0 N–H and O–H groups in total. The van der Waals surface area contributed by atoms with Crippen molar-refractivity contribution in [3.05, 3.63) is 5.28 Å². The molecule has 7 heteroatoms. The van der Waals surface area contributed by atoms with Crippen LogP contribution < -0.4 is 9.64 Å². The van der Waals surface area contributed by atoms with Crippen LogP contribution in [0.3, 0.4) is 0 Å². The molecule has 1 aromatic rings. The first-order chi connectivity index (χ1) is 8.71. The number of hydrogen-bond donors (Lipinski definition) is 0. The van der Waals surface area contributed by atoms with E-state index in [-0.39, 0.29) is 11.3 Å². The Hall–Kier alpha value is -1.61. The van der Waals surface area contributed by atoms with Crippen LogP contribution in [-0.2, 0) is 0 Å². The van der Waals surface area contributed by atoms with Crippen LogP contribution in [0.4, 0.5) is 5.95 Å². The lowest BCUT2D eigenvalue weighted by molar-refractivity contribution is 0.291. The molecular weight excluding hydrogens is 254 g/mol. The molecule has 0 unspecified atom stereocenters. The van der Waals surface area contributed by atoms with Crippen molar-refractivity contribution in [2.24, 2.45) is 0 Å². The molecule has 0 bridgehead atoms. The smallest absolute Gasteiger partial charge is 0.322 e. The minimum Gasteiger partial charge on any atom is -0.463 e. The zero-order chi connectivity index (χ0) is 13.4. The molecule has 18 heavy (non-hydrogen) atoms.